The predicted octanol–water partition coefficient (Wildman–Crippen LogP) is 6.63. The molecule has 0 aromatic heterocycles. The van der Waals surface area contributed by atoms with Crippen molar-refractivity contribution in [1.82, 2.24) is 5.43 Å². The van der Waals surface area contributed by atoms with Gasteiger partial charge in [0.25, 0.3) is 11.8 Å². The van der Waals surface area contributed by atoms with E-state index >= 15 is 0 Å². The molecule has 0 fully saturated rings. The molecule has 40 heavy (non-hydrogen) atoms. The fraction of sp³-hybridized carbons (Fsp3) is 0.0667. The first-order chi connectivity index (χ1) is 19.3. The standard InChI is InChI=1S/C30H23Cl2N3O5/c1-2-39-27-17-19(7-16-26(27)40-30(38)21-10-14-23(32)15-11-21)18-33-35-29(37)24-5-3-4-6-25(24)34-28(36)20-8-12-22(31)13-9-20/h3-18H,2H2,1H3,(H,34,36)(H,35,37)/b33-18-. The van der Waals surface area contributed by atoms with Crippen molar-refractivity contribution in [2.75, 3.05) is 11.9 Å². The van der Waals surface area contributed by atoms with Crippen molar-refractivity contribution in [2.24, 2.45) is 5.10 Å². The molecule has 8 nitrogen and oxygen atoms in total. The Kier molecular flexibility index (Phi) is 9.51. The van der Waals surface area contributed by atoms with E-state index in [0.717, 1.165) is 0 Å². The number of para-hydroxylation sites is 1. The molecule has 0 saturated carbocycles. The number of hydrogen-bond donors (Lipinski definition) is 2. The second kappa shape index (κ2) is 13.4. The summed E-state index contributed by atoms with van der Waals surface area (Å²) >= 11 is 11.8. The Morgan fingerprint density at radius 3 is 2.12 bits per heavy atom. The minimum absolute atomic E-state index is 0.224. The van der Waals surface area contributed by atoms with E-state index in [-0.39, 0.29) is 17.2 Å². The molecule has 2 N–H and O–H groups in total. The largest absolute Gasteiger partial charge is 0.490 e. The Balaban J connectivity index is 1.43. The number of nitrogens with zero attached hydrogens (tertiary/aromatic N) is 1. The lowest BCUT2D eigenvalue weighted by molar-refractivity contribution is 0.0728. The van der Waals surface area contributed by atoms with Gasteiger partial charge in [0.15, 0.2) is 11.5 Å². The molecule has 4 aromatic rings. The van der Waals surface area contributed by atoms with Gasteiger partial charge in [-0.05, 0) is 91.3 Å². The second-order valence-corrected chi connectivity index (χ2v) is 9.11. The first-order valence-corrected chi connectivity index (χ1v) is 12.8. The van der Waals surface area contributed by atoms with Gasteiger partial charge in [0.05, 0.1) is 29.6 Å². The lowest BCUT2D eigenvalue weighted by Crippen LogP contribution is -2.21. The zero-order valence-corrected chi connectivity index (χ0v) is 22.7. The van der Waals surface area contributed by atoms with E-state index in [4.69, 9.17) is 32.7 Å². The van der Waals surface area contributed by atoms with E-state index < -0.39 is 11.9 Å². The molecular weight excluding hydrogens is 553 g/mol. The number of carbonyl (C=O) groups excluding carboxylic acids is 3. The zero-order chi connectivity index (χ0) is 28.5. The van der Waals surface area contributed by atoms with Gasteiger partial charge >= 0.3 is 5.97 Å². The Morgan fingerprint density at radius 1 is 0.800 bits per heavy atom. The number of ether oxygens (including phenoxy) is 2. The number of anilines is 1. The third kappa shape index (κ3) is 7.47. The van der Waals surface area contributed by atoms with Crippen LogP contribution in [0.3, 0.4) is 0 Å². The van der Waals surface area contributed by atoms with Gasteiger partial charge in [-0.25, -0.2) is 10.2 Å². The highest BCUT2D eigenvalue weighted by atomic mass is 35.5. The molecule has 0 aliphatic carbocycles. The van der Waals surface area contributed by atoms with Crippen molar-refractivity contribution in [3.8, 4) is 11.5 Å². The Labute approximate surface area is 240 Å². The van der Waals surface area contributed by atoms with Crippen LogP contribution in [-0.4, -0.2) is 30.6 Å². The number of carbonyl (C=O) groups is 3. The van der Waals surface area contributed by atoms with Crippen LogP contribution in [0.4, 0.5) is 5.69 Å². The van der Waals surface area contributed by atoms with E-state index in [0.29, 0.717) is 44.8 Å². The average molecular weight is 576 g/mol. The van der Waals surface area contributed by atoms with Crippen molar-refractivity contribution in [1.29, 1.82) is 0 Å². The highest BCUT2D eigenvalue weighted by molar-refractivity contribution is 6.31. The fourth-order valence-corrected chi connectivity index (χ4v) is 3.77. The summed E-state index contributed by atoms with van der Waals surface area (Å²) in [5.74, 6) is -0.917. The molecule has 0 spiro atoms. The Bertz CT molecular complexity index is 1550. The number of hydrogen-bond acceptors (Lipinski definition) is 6. The van der Waals surface area contributed by atoms with Crippen molar-refractivity contribution in [3.05, 3.63) is 123 Å². The molecular formula is C30H23Cl2N3O5. The molecule has 4 aromatic carbocycles. The maximum absolute atomic E-state index is 12.8. The normalized spacial score (nSPS) is 10.7. The van der Waals surface area contributed by atoms with Gasteiger partial charge < -0.3 is 14.8 Å². The molecule has 10 heteroatoms. The van der Waals surface area contributed by atoms with Gasteiger partial charge in [-0.15, -0.1) is 0 Å². The molecule has 0 heterocycles. The highest BCUT2D eigenvalue weighted by Crippen LogP contribution is 2.29. The SMILES string of the molecule is CCOc1cc(/C=N\NC(=O)c2ccccc2NC(=O)c2ccc(Cl)cc2)ccc1OC(=O)c1ccc(Cl)cc1. The van der Waals surface area contributed by atoms with Gasteiger partial charge in [0.1, 0.15) is 0 Å². The molecule has 0 saturated heterocycles. The van der Waals surface area contributed by atoms with Gasteiger partial charge in [-0.2, -0.15) is 5.10 Å². The van der Waals surface area contributed by atoms with Crippen molar-refractivity contribution in [2.45, 2.75) is 6.92 Å². The van der Waals surface area contributed by atoms with Crippen LogP contribution in [0, 0.1) is 0 Å². The predicted molar refractivity (Wildman–Crippen MR) is 155 cm³/mol. The van der Waals surface area contributed by atoms with Crippen LogP contribution in [0.5, 0.6) is 11.5 Å². The second-order valence-electron chi connectivity index (χ2n) is 8.24. The van der Waals surface area contributed by atoms with Gasteiger partial charge in [0.2, 0.25) is 0 Å². The van der Waals surface area contributed by atoms with Crippen LogP contribution in [0.15, 0.2) is 96.1 Å². The zero-order valence-electron chi connectivity index (χ0n) is 21.2. The maximum Gasteiger partial charge on any atom is 0.343 e. The van der Waals surface area contributed by atoms with Crippen molar-refractivity contribution in [3.63, 3.8) is 0 Å². The third-order valence-electron chi connectivity index (χ3n) is 5.46. The summed E-state index contributed by atoms with van der Waals surface area (Å²) in [6.07, 6.45) is 1.42. The molecule has 0 unspecified atom stereocenters. The van der Waals surface area contributed by atoms with Crippen LogP contribution >= 0.6 is 23.2 Å². The summed E-state index contributed by atoms with van der Waals surface area (Å²) in [6.45, 7) is 2.14. The summed E-state index contributed by atoms with van der Waals surface area (Å²) < 4.78 is 11.1. The van der Waals surface area contributed by atoms with E-state index in [9.17, 15) is 14.4 Å². The number of halogens is 2. The maximum atomic E-state index is 12.8. The van der Waals surface area contributed by atoms with Crippen LogP contribution in [-0.2, 0) is 0 Å². The van der Waals surface area contributed by atoms with E-state index in [2.05, 4.69) is 15.8 Å². The van der Waals surface area contributed by atoms with E-state index in [1.165, 1.54) is 6.21 Å². The summed E-state index contributed by atoms with van der Waals surface area (Å²) in [5, 5.41) is 7.78. The quantitative estimate of drug-likeness (QED) is 0.101. The number of benzene rings is 4. The molecule has 2 amide bonds. The Morgan fingerprint density at radius 2 is 1.45 bits per heavy atom. The van der Waals surface area contributed by atoms with Crippen molar-refractivity contribution < 1.29 is 23.9 Å². The molecule has 0 aliphatic heterocycles. The Hall–Kier alpha value is -4.66. The van der Waals surface area contributed by atoms with E-state index in [1.807, 2.05) is 0 Å². The number of amides is 2. The summed E-state index contributed by atoms with van der Waals surface area (Å²) in [7, 11) is 0. The molecule has 4 rings (SSSR count). The summed E-state index contributed by atoms with van der Waals surface area (Å²) in [5.41, 5.74) is 4.32. The number of hydrazone groups is 1. The van der Waals surface area contributed by atoms with Crippen LogP contribution in [0.2, 0.25) is 10.0 Å². The van der Waals surface area contributed by atoms with Gasteiger partial charge in [-0.3, -0.25) is 9.59 Å². The fourth-order valence-electron chi connectivity index (χ4n) is 3.51. The molecule has 0 atom stereocenters. The number of esters is 1. The van der Waals surface area contributed by atoms with Crippen molar-refractivity contribution >= 4 is 52.9 Å². The minimum Gasteiger partial charge on any atom is -0.490 e. The lowest BCUT2D eigenvalue weighted by atomic mass is 10.1. The first-order valence-electron chi connectivity index (χ1n) is 12.1. The minimum atomic E-state index is -0.562. The first kappa shape index (κ1) is 28.4. The molecule has 202 valence electrons. The monoisotopic (exact) mass is 575 g/mol. The summed E-state index contributed by atoms with van der Waals surface area (Å²) in [4.78, 5) is 38.0. The molecule has 0 radical (unpaired) electrons. The summed E-state index contributed by atoms with van der Waals surface area (Å²) in [6, 6.07) is 24.1. The van der Waals surface area contributed by atoms with Crippen LogP contribution in [0.25, 0.3) is 0 Å². The van der Waals surface area contributed by atoms with Gasteiger partial charge in [0, 0.05) is 15.6 Å². The molecule has 0 aliphatic rings. The number of rotatable bonds is 9. The topological polar surface area (TPSA) is 106 Å². The lowest BCUT2D eigenvalue weighted by Gasteiger charge is -2.11. The third-order valence-corrected chi connectivity index (χ3v) is 5.96. The highest BCUT2D eigenvalue weighted by Gasteiger charge is 2.15. The van der Waals surface area contributed by atoms with Gasteiger partial charge in [-0.1, -0.05) is 35.3 Å². The molecule has 0 bridgehead atoms. The van der Waals surface area contributed by atoms with E-state index in [1.54, 1.807) is 97.9 Å². The number of nitrogens with one attached hydrogen (secondary N) is 2. The average Bonchev–Trinajstić information content (AvgIpc) is 2.95. The van der Waals surface area contributed by atoms with Crippen LogP contribution < -0.4 is 20.2 Å². The smallest absolute Gasteiger partial charge is 0.343 e. The van der Waals surface area contributed by atoms with Crippen LogP contribution in [0.1, 0.15) is 43.6 Å².